The van der Waals surface area contributed by atoms with Crippen molar-refractivity contribution in [1.29, 1.82) is 0 Å². The Kier molecular flexibility index (Phi) is 6.49. The van der Waals surface area contributed by atoms with Crippen LogP contribution in [0.3, 0.4) is 0 Å². The summed E-state index contributed by atoms with van der Waals surface area (Å²) in [6.07, 6.45) is 2.64. The smallest absolute Gasteiger partial charge is 0.124 e. The van der Waals surface area contributed by atoms with Crippen molar-refractivity contribution in [3.05, 3.63) is 29.8 Å². The van der Waals surface area contributed by atoms with Gasteiger partial charge in [0.15, 0.2) is 0 Å². The third-order valence-electron chi connectivity index (χ3n) is 4.01. The van der Waals surface area contributed by atoms with Crippen LogP contribution in [0, 0.1) is 0 Å². The summed E-state index contributed by atoms with van der Waals surface area (Å²) in [6.45, 7) is 8.55. The van der Waals surface area contributed by atoms with Crippen LogP contribution < -0.4 is 10.5 Å². The maximum atomic E-state index is 6.40. The van der Waals surface area contributed by atoms with E-state index >= 15 is 0 Å². The van der Waals surface area contributed by atoms with E-state index in [2.05, 4.69) is 17.9 Å². The first-order valence-corrected chi connectivity index (χ1v) is 8.05. The molecule has 0 bridgehead atoms. The van der Waals surface area contributed by atoms with Crippen molar-refractivity contribution in [1.82, 2.24) is 4.90 Å². The van der Waals surface area contributed by atoms with E-state index in [9.17, 15) is 0 Å². The molecule has 0 radical (unpaired) electrons. The van der Waals surface area contributed by atoms with Gasteiger partial charge in [-0.25, -0.2) is 0 Å². The van der Waals surface area contributed by atoms with Gasteiger partial charge in [0.05, 0.1) is 12.7 Å². The molecule has 2 N–H and O–H groups in total. The fourth-order valence-corrected chi connectivity index (χ4v) is 2.94. The van der Waals surface area contributed by atoms with E-state index < -0.39 is 0 Å². The van der Waals surface area contributed by atoms with Gasteiger partial charge in [-0.05, 0) is 32.8 Å². The van der Waals surface area contributed by atoms with E-state index in [-0.39, 0.29) is 6.04 Å². The quantitative estimate of drug-likeness (QED) is 0.839. The molecular weight excluding hydrogens is 264 g/mol. The number of nitrogens with two attached hydrogens (primary N) is 1. The van der Waals surface area contributed by atoms with Crippen molar-refractivity contribution in [2.24, 2.45) is 5.73 Å². The Labute approximate surface area is 128 Å². The van der Waals surface area contributed by atoms with Crippen LogP contribution >= 0.6 is 0 Å². The molecule has 1 saturated heterocycles. The predicted octanol–water partition coefficient (Wildman–Crippen LogP) is 2.59. The van der Waals surface area contributed by atoms with Gasteiger partial charge in [0, 0.05) is 37.8 Å². The van der Waals surface area contributed by atoms with Gasteiger partial charge in [-0.3, -0.25) is 0 Å². The summed E-state index contributed by atoms with van der Waals surface area (Å²) < 4.78 is 11.4. The van der Waals surface area contributed by atoms with Crippen LogP contribution in [-0.4, -0.2) is 43.9 Å². The molecule has 0 aromatic heterocycles. The maximum Gasteiger partial charge on any atom is 0.124 e. The molecule has 0 spiro atoms. The molecule has 1 fully saturated rings. The van der Waals surface area contributed by atoms with E-state index in [1.54, 1.807) is 0 Å². The highest BCUT2D eigenvalue weighted by molar-refractivity contribution is 5.36. The highest BCUT2D eigenvalue weighted by atomic mass is 16.5. The van der Waals surface area contributed by atoms with Gasteiger partial charge in [0.25, 0.3) is 0 Å². The molecule has 1 unspecified atom stereocenters. The SMILES string of the molecule is CCOc1ccccc1C(N)CN1CCC(OCC)CC1. The van der Waals surface area contributed by atoms with Gasteiger partial charge in [-0.1, -0.05) is 18.2 Å². The van der Waals surface area contributed by atoms with Crippen molar-refractivity contribution < 1.29 is 9.47 Å². The fraction of sp³-hybridized carbons (Fsp3) is 0.647. The van der Waals surface area contributed by atoms with Crippen molar-refractivity contribution >= 4 is 0 Å². The molecule has 4 nitrogen and oxygen atoms in total. The number of likely N-dealkylation sites (tertiary alicyclic amines) is 1. The molecule has 21 heavy (non-hydrogen) atoms. The Balaban J connectivity index is 1.89. The number of nitrogens with zero attached hydrogens (tertiary/aromatic N) is 1. The molecule has 2 rings (SSSR count). The summed E-state index contributed by atoms with van der Waals surface area (Å²) in [7, 11) is 0. The Morgan fingerprint density at radius 1 is 1.19 bits per heavy atom. The van der Waals surface area contributed by atoms with Crippen molar-refractivity contribution in [2.45, 2.75) is 38.8 Å². The molecule has 1 aromatic rings. The van der Waals surface area contributed by atoms with Crippen molar-refractivity contribution in [3.8, 4) is 5.75 Å². The van der Waals surface area contributed by atoms with Gasteiger partial charge < -0.3 is 20.1 Å². The molecule has 1 aliphatic rings. The molecule has 1 heterocycles. The maximum absolute atomic E-state index is 6.40. The predicted molar refractivity (Wildman–Crippen MR) is 85.6 cm³/mol. The number of benzene rings is 1. The van der Waals surface area contributed by atoms with Crippen LogP contribution in [0.15, 0.2) is 24.3 Å². The average molecular weight is 292 g/mol. The van der Waals surface area contributed by atoms with E-state index in [1.165, 1.54) is 0 Å². The Hall–Kier alpha value is -1.10. The summed E-state index contributed by atoms with van der Waals surface area (Å²) in [5, 5.41) is 0. The molecule has 0 saturated carbocycles. The molecule has 1 aromatic carbocycles. The molecule has 0 aliphatic carbocycles. The molecular formula is C17H28N2O2. The van der Waals surface area contributed by atoms with E-state index in [1.807, 2.05) is 25.1 Å². The van der Waals surface area contributed by atoms with E-state index in [0.717, 1.165) is 50.4 Å². The van der Waals surface area contributed by atoms with Gasteiger partial charge in [0.2, 0.25) is 0 Å². The van der Waals surface area contributed by atoms with Crippen LogP contribution in [0.25, 0.3) is 0 Å². The summed E-state index contributed by atoms with van der Waals surface area (Å²) in [6, 6.07) is 8.09. The molecule has 1 atom stereocenters. The summed E-state index contributed by atoms with van der Waals surface area (Å²) in [5.41, 5.74) is 7.50. The monoisotopic (exact) mass is 292 g/mol. The number of para-hydroxylation sites is 1. The van der Waals surface area contributed by atoms with E-state index in [0.29, 0.717) is 12.7 Å². The largest absolute Gasteiger partial charge is 0.494 e. The van der Waals surface area contributed by atoms with Gasteiger partial charge in [-0.2, -0.15) is 0 Å². The number of hydrogen-bond donors (Lipinski definition) is 1. The lowest BCUT2D eigenvalue weighted by atomic mass is 10.0. The number of ether oxygens (including phenoxy) is 2. The fourth-order valence-electron chi connectivity index (χ4n) is 2.94. The lowest BCUT2D eigenvalue weighted by molar-refractivity contribution is 0.0131. The van der Waals surface area contributed by atoms with Crippen LogP contribution in [0.5, 0.6) is 5.75 Å². The number of piperidine rings is 1. The molecule has 4 heteroatoms. The van der Waals surface area contributed by atoms with Crippen LogP contribution in [0.1, 0.15) is 38.3 Å². The van der Waals surface area contributed by atoms with Crippen molar-refractivity contribution in [3.63, 3.8) is 0 Å². The minimum absolute atomic E-state index is 0.00334. The zero-order valence-corrected chi connectivity index (χ0v) is 13.3. The molecule has 1 aliphatic heterocycles. The number of rotatable bonds is 7. The topological polar surface area (TPSA) is 47.7 Å². The van der Waals surface area contributed by atoms with Crippen LogP contribution in [0.4, 0.5) is 0 Å². The van der Waals surface area contributed by atoms with Crippen LogP contribution in [-0.2, 0) is 4.74 Å². The lowest BCUT2D eigenvalue weighted by Gasteiger charge is -2.33. The van der Waals surface area contributed by atoms with Crippen molar-refractivity contribution in [2.75, 3.05) is 32.8 Å². The summed E-state index contributed by atoms with van der Waals surface area (Å²) >= 11 is 0. The average Bonchev–Trinajstić information content (AvgIpc) is 2.50. The highest BCUT2D eigenvalue weighted by Crippen LogP contribution is 2.25. The second-order valence-electron chi connectivity index (χ2n) is 5.53. The second kappa shape index (κ2) is 8.37. The molecule has 118 valence electrons. The molecule has 0 amide bonds. The normalized spacial score (nSPS) is 18.6. The minimum atomic E-state index is -0.00334. The first-order valence-electron chi connectivity index (χ1n) is 8.05. The first-order chi connectivity index (χ1) is 10.2. The summed E-state index contributed by atoms with van der Waals surface area (Å²) in [5.74, 6) is 0.914. The zero-order valence-electron chi connectivity index (χ0n) is 13.3. The van der Waals surface area contributed by atoms with Crippen LogP contribution in [0.2, 0.25) is 0 Å². The lowest BCUT2D eigenvalue weighted by Crippen LogP contribution is -2.40. The third kappa shape index (κ3) is 4.70. The van der Waals surface area contributed by atoms with Gasteiger partial charge in [0.1, 0.15) is 5.75 Å². The highest BCUT2D eigenvalue weighted by Gasteiger charge is 2.22. The minimum Gasteiger partial charge on any atom is -0.494 e. The second-order valence-corrected chi connectivity index (χ2v) is 5.53. The Morgan fingerprint density at radius 2 is 1.90 bits per heavy atom. The standard InChI is InChI=1S/C17H28N2O2/c1-3-20-14-9-11-19(12-10-14)13-16(18)15-7-5-6-8-17(15)21-4-2/h5-8,14,16H,3-4,9-13,18H2,1-2H3. The van der Waals surface area contributed by atoms with Gasteiger partial charge >= 0.3 is 0 Å². The first kappa shape index (κ1) is 16.3. The Bertz CT molecular complexity index is 417. The zero-order chi connectivity index (χ0) is 15.1. The number of hydrogen-bond acceptors (Lipinski definition) is 4. The Morgan fingerprint density at radius 3 is 2.57 bits per heavy atom. The summed E-state index contributed by atoms with van der Waals surface area (Å²) in [4.78, 5) is 2.43. The third-order valence-corrected chi connectivity index (χ3v) is 4.01. The van der Waals surface area contributed by atoms with Gasteiger partial charge in [-0.15, -0.1) is 0 Å². The van der Waals surface area contributed by atoms with E-state index in [4.69, 9.17) is 15.2 Å².